The topological polar surface area (TPSA) is 46.2 Å². The van der Waals surface area contributed by atoms with Gasteiger partial charge in [0.05, 0.1) is 5.69 Å². The van der Waals surface area contributed by atoms with Crippen LogP contribution in [0.3, 0.4) is 0 Å². The van der Waals surface area contributed by atoms with E-state index in [0.717, 1.165) is 5.56 Å². The van der Waals surface area contributed by atoms with Crippen molar-refractivity contribution in [2.45, 2.75) is 0 Å². The van der Waals surface area contributed by atoms with Gasteiger partial charge in [0, 0.05) is 27.2 Å². The number of benzene rings is 3. The first-order valence-corrected chi connectivity index (χ1v) is 8.92. The zero-order valence-corrected chi connectivity index (χ0v) is 15.7. The van der Waals surface area contributed by atoms with Crippen LogP contribution in [0.2, 0.25) is 10.0 Å². The van der Waals surface area contributed by atoms with Gasteiger partial charge in [0.15, 0.2) is 5.78 Å². The monoisotopic (exact) mass is 395 g/mol. The Hall–Kier alpha value is -2.88. The summed E-state index contributed by atoms with van der Waals surface area (Å²) in [6.45, 7) is 0. The highest BCUT2D eigenvalue weighted by atomic mass is 35.5. The van der Waals surface area contributed by atoms with Crippen molar-refractivity contribution in [3.05, 3.63) is 106 Å². The molecule has 0 spiro atoms. The number of hydrogen-bond donors (Lipinski definition) is 1. The van der Waals surface area contributed by atoms with Crippen LogP contribution in [0.5, 0.6) is 0 Å². The number of hydrogen-bond acceptors (Lipinski definition) is 2. The van der Waals surface area contributed by atoms with Crippen LogP contribution in [0.15, 0.2) is 78.9 Å². The van der Waals surface area contributed by atoms with Crippen molar-refractivity contribution in [2.24, 2.45) is 0 Å². The third kappa shape index (κ3) is 5.07. The maximum Gasteiger partial charge on any atom is 0.248 e. The van der Waals surface area contributed by atoms with Crippen LogP contribution in [-0.2, 0) is 4.79 Å². The van der Waals surface area contributed by atoms with Crippen molar-refractivity contribution in [1.29, 1.82) is 0 Å². The molecule has 3 aromatic rings. The summed E-state index contributed by atoms with van der Waals surface area (Å²) in [5.41, 5.74) is 2.10. The van der Waals surface area contributed by atoms with Gasteiger partial charge in [-0.3, -0.25) is 9.59 Å². The van der Waals surface area contributed by atoms with Gasteiger partial charge in [-0.25, -0.2) is 0 Å². The van der Waals surface area contributed by atoms with Gasteiger partial charge < -0.3 is 5.32 Å². The Morgan fingerprint density at radius 3 is 2.19 bits per heavy atom. The maximum absolute atomic E-state index is 12.8. The molecular weight excluding hydrogens is 381 g/mol. The molecule has 0 aliphatic carbocycles. The molecule has 0 fully saturated rings. The van der Waals surface area contributed by atoms with E-state index in [9.17, 15) is 9.59 Å². The van der Waals surface area contributed by atoms with E-state index < -0.39 is 0 Å². The van der Waals surface area contributed by atoms with Crippen molar-refractivity contribution < 1.29 is 9.59 Å². The second kappa shape index (κ2) is 8.67. The van der Waals surface area contributed by atoms with Gasteiger partial charge in [-0.15, -0.1) is 0 Å². The summed E-state index contributed by atoms with van der Waals surface area (Å²) in [7, 11) is 0. The third-order valence-electron chi connectivity index (χ3n) is 3.82. The van der Waals surface area contributed by atoms with Gasteiger partial charge in [-0.05, 0) is 42.0 Å². The molecule has 0 heterocycles. The van der Waals surface area contributed by atoms with Gasteiger partial charge in [-0.1, -0.05) is 65.7 Å². The Morgan fingerprint density at radius 2 is 1.48 bits per heavy atom. The molecule has 3 aromatic carbocycles. The molecule has 3 nitrogen and oxygen atoms in total. The molecule has 134 valence electrons. The summed E-state index contributed by atoms with van der Waals surface area (Å²) in [5.74, 6) is -0.565. The Balaban J connectivity index is 1.81. The first-order chi connectivity index (χ1) is 13.0. The van der Waals surface area contributed by atoms with Crippen LogP contribution in [0, 0.1) is 0 Å². The van der Waals surface area contributed by atoms with Crippen LogP contribution in [0.4, 0.5) is 5.69 Å². The van der Waals surface area contributed by atoms with E-state index in [0.29, 0.717) is 26.9 Å². The van der Waals surface area contributed by atoms with Gasteiger partial charge in [0.1, 0.15) is 0 Å². The number of amides is 1. The summed E-state index contributed by atoms with van der Waals surface area (Å²) in [6.07, 6.45) is 3.06. The number of ketones is 1. The third-order valence-corrected chi connectivity index (χ3v) is 4.30. The van der Waals surface area contributed by atoms with Crippen LogP contribution < -0.4 is 5.32 Å². The number of nitrogens with one attached hydrogen (secondary N) is 1. The first kappa shape index (κ1) is 18.9. The van der Waals surface area contributed by atoms with E-state index in [4.69, 9.17) is 23.2 Å². The van der Waals surface area contributed by atoms with Gasteiger partial charge in [0.2, 0.25) is 5.91 Å². The molecule has 0 aromatic heterocycles. The minimum atomic E-state index is -0.352. The molecule has 0 saturated carbocycles. The van der Waals surface area contributed by atoms with Crippen molar-refractivity contribution in [3.8, 4) is 0 Å². The lowest BCUT2D eigenvalue weighted by Gasteiger charge is -2.10. The molecule has 0 bridgehead atoms. The molecule has 1 N–H and O–H groups in total. The summed E-state index contributed by atoms with van der Waals surface area (Å²) < 4.78 is 0. The van der Waals surface area contributed by atoms with Crippen LogP contribution in [0.1, 0.15) is 21.5 Å². The highest BCUT2D eigenvalue weighted by Gasteiger charge is 2.15. The SMILES string of the molecule is O=C(C=Cc1ccc(Cl)cc1)Nc1ccc(Cl)cc1C(=O)c1ccccc1. The highest BCUT2D eigenvalue weighted by Crippen LogP contribution is 2.24. The van der Waals surface area contributed by atoms with Crippen molar-refractivity contribution in [2.75, 3.05) is 5.32 Å². The normalized spacial score (nSPS) is 10.7. The number of carbonyl (C=O) groups excluding carboxylic acids is 2. The molecule has 0 unspecified atom stereocenters. The highest BCUT2D eigenvalue weighted by molar-refractivity contribution is 6.31. The smallest absolute Gasteiger partial charge is 0.248 e. The quantitative estimate of drug-likeness (QED) is 0.433. The zero-order chi connectivity index (χ0) is 19.2. The average molecular weight is 396 g/mol. The van der Waals surface area contributed by atoms with E-state index in [1.54, 1.807) is 72.8 Å². The lowest BCUT2D eigenvalue weighted by atomic mass is 10.0. The van der Waals surface area contributed by atoms with Gasteiger partial charge in [-0.2, -0.15) is 0 Å². The molecule has 0 aliphatic heterocycles. The number of rotatable bonds is 5. The van der Waals surface area contributed by atoms with Crippen molar-refractivity contribution in [1.82, 2.24) is 0 Å². The van der Waals surface area contributed by atoms with Crippen LogP contribution in [-0.4, -0.2) is 11.7 Å². The molecule has 3 rings (SSSR count). The lowest BCUT2D eigenvalue weighted by molar-refractivity contribution is -0.111. The van der Waals surface area contributed by atoms with Crippen molar-refractivity contribution >= 4 is 46.7 Å². The molecule has 0 atom stereocenters. The second-order valence-corrected chi connectivity index (χ2v) is 6.63. The summed E-state index contributed by atoms with van der Waals surface area (Å²) in [5, 5.41) is 3.79. The second-order valence-electron chi connectivity index (χ2n) is 5.76. The Morgan fingerprint density at radius 1 is 0.815 bits per heavy atom. The van der Waals surface area contributed by atoms with E-state index in [1.165, 1.54) is 6.08 Å². The largest absolute Gasteiger partial charge is 0.322 e. The fraction of sp³-hybridized carbons (Fsp3) is 0. The van der Waals surface area contributed by atoms with E-state index in [-0.39, 0.29) is 11.7 Å². The standard InChI is InChI=1S/C22H15Cl2NO2/c23-17-9-6-15(7-10-17)8-13-21(26)25-20-12-11-18(24)14-19(20)22(27)16-4-2-1-3-5-16/h1-14H,(H,25,26). The molecule has 0 aliphatic rings. The average Bonchev–Trinajstić information content (AvgIpc) is 2.69. The fourth-order valence-corrected chi connectivity index (χ4v) is 2.78. The first-order valence-electron chi connectivity index (χ1n) is 8.17. The predicted molar refractivity (Wildman–Crippen MR) is 110 cm³/mol. The molecule has 5 heteroatoms. The molecule has 1 amide bonds. The van der Waals surface area contributed by atoms with E-state index in [2.05, 4.69) is 5.32 Å². The Labute approximate surface area is 167 Å². The minimum absolute atomic E-state index is 0.213. The molecular formula is C22H15Cl2NO2. The molecule has 0 radical (unpaired) electrons. The van der Waals surface area contributed by atoms with E-state index in [1.807, 2.05) is 6.07 Å². The van der Waals surface area contributed by atoms with E-state index >= 15 is 0 Å². The number of anilines is 1. The number of halogens is 2. The maximum atomic E-state index is 12.8. The Bertz CT molecular complexity index is 997. The predicted octanol–water partition coefficient (Wildman–Crippen LogP) is 5.88. The van der Waals surface area contributed by atoms with Gasteiger partial charge in [0.25, 0.3) is 0 Å². The van der Waals surface area contributed by atoms with Crippen LogP contribution >= 0.6 is 23.2 Å². The minimum Gasteiger partial charge on any atom is -0.322 e. The van der Waals surface area contributed by atoms with Crippen molar-refractivity contribution in [3.63, 3.8) is 0 Å². The van der Waals surface area contributed by atoms with Crippen LogP contribution in [0.25, 0.3) is 6.08 Å². The lowest BCUT2D eigenvalue weighted by Crippen LogP contribution is -2.12. The fourth-order valence-electron chi connectivity index (χ4n) is 2.48. The zero-order valence-electron chi connectivity index (χ0n) is 14.2. The molecule has 0 saturated heterocycles. The summed E-state index contributed by atoms with van der Waals surface area (Å²) >= 11 is 11.9. The van der Waals surface area contributed by atoms with Gasteiger partial charge >= 0.3 is 0 Å². The summed E-state index contributed by atoms with van der Waals surface area (Å²) in [6, 6.07) is 20.7. The Kier molecular flexibility index (Phi) is 6.07. The molecule has 27 heavy (non-hydrogen) atoms. The number of carbonyl (C=O) groups is 2. The summed E-state index contributed by atoms with van der Waals surface area (Å²) in [4.78, 5) is 25.1.